The lowest BCUT2D eigenvalue weighted by Gasteiger charge is -2.07. The molecule has 0 aliphatic carbocycles. The molecule has 0 atom stereocenters. The third-order valence-electron chi connectivity index (χ3n) is 4.42. The molecule has 24 heavy (non-hydrogen) atoms. The first kappa shape index (κ1) is 20.7. The molecule has 0 fully saturated rings. The van der Waals surface area contributed by atoms with E-state index in [1.54, 1.807) is 0 Å². The van der Waals surface area contributed by atoms with Crippen molar-refractivity contribution in [1.29, 1.82) is 0 Å². The van der Waals surface area contributed by atoms with Gasteiger partial charge in [0.1, 0.15) is 5.56 Å². The predicted octanol–water partition coefficient (Wildman–Crippen LogP) is 5.65. The maximum atomic E-state index is 12.2. The second-order valence-corrected chi connectivity index (χ2v) is 6.65. The van der Waals surface area contributed by atoms with E-state index in [1.807, 2.05) is 0 Å². The van der Waals surface area contributed by atoms with Crippen molar-refractivity contribution in [2.24, 2.45) is 4.99 Å². The summed E-state index contributed by atoms with van der Waals surface area (Å²) < 4.78 is 5.11. The molecule has 138 valence electrons. The first-order valence-corrected chi connectivity index (χ1v) is 9.98. The quantitative estimate of drug-likeness (QED) is 0.352. The summed E-state index contributed by atoms with van der Waals surface area (Å²) in [6.07, 6.45) is 13.4. The molecular weight excluding hydrogens is 300 g/mol. The molecule has 1 aromatic heterocycles. The number of hydrogen-bond acceptors (Lipinski definition) is 3. The Hall–Kier alpha value is -1.32. The average molecular weight is 337 g/mol. The van der Waals surface area contributed by atoms with Crippen LogP contribution in [0.3, 0.4) is 0 Å². The summed E-state index contributed by atoms with van der Waals surface area (Å²) in [5.74, 6) is 0. The van der Waals surface area contributed by atoms with Crippen LogP contribution in [0.25, 0.3) is 0 Å². The van der Waals surface area contributed by atoms with Crippen LogP contribution >= 0.6 is 0 Å². The topological polar surface area (TPSA) is 58.4 Å². The zero-order valence-electron chi connectivity index (χ0n) is 16.0. The molecule has 1 heterocycles. The molecule has 0 unspecified atom stereocenters. The third-order valence-corrected chi connectivity index (χ3v) is 4.42. The van der Waals surface area contributed by atoms with Crippen molar-refractivity contribution >= 4 is 5.71 Å². The molecule has 1 rings (SSSR count). The molecule has 4 heteroatoms. The van der Waals surface area contributed by atoms with Crippen LogP contribution in [-0.2, 0) is 6.42 Å². The minimum atomic E-state index is -0.244. The normalized spacial score (nSPS) is 12.0. The average Bonchev–Trinajstić information content (AvgIpc) is 2.95. The summed E-state index contributed by atoms with van der Waals surface area (Å²) in [7, 11) is 0. The lowest BCUT2D eigenvalue weighted by Crippen LogP contribution is -2.14. The van der Waals surface area contributed by atoms with E-state index in [2.05, 4.69) is 25.9 Å². The van der Waals surface area contributed by atoms with Crippen LogP contribution in [0.4, 0.5) is 0 Å². The molecule has 0 saturated heterocycles. The lowest BCUT2D eigenvalue weighted by atomic mass is 10.0. The van der Waals surface area contributed by atoms with Gasteiger partial charge in [0.05, 0.1) is 11.4 Å². The van der Waals surface area contributed by atoms with Crippen molar-refractivity contribution in [2.45, 2.75) is 97.8 Å². The van der Waals surface area contributed by atoms with E-state index in [4.69, 9.17) is 9.52 Å². The van der Waals surface area contributed by atoms with Crippen LogP contribution in [0, 0.1) is 0 Å². The zero-order valence-corrected chi connectivity index (χ0v) is 16.0. The Kier molecular flexibility index (Phi) is 11.2. The Morgan fingerprint density at radius 1 is 0.917 bits per heavy atom. The highest BCUT2D eigenvalue weighted by molar-refractivity contribution is 6.01. The summed E-state index contributed by atoms with van der Waals surface area (Å²) in [6.45, 7) is 7.41. The molecule has 0 aliphatic rings. The van der Waals surface area contributed by atoms with Gasteiger partial charge >= 0.3 is 5.63 Å². The van der Waals surface area contributed by atoms with Crippen molar-refractivity contribution < 1.29 is 4.52 Å². The van der Waals surface area contributed by atoms with Gasteiger partial charge in [-0.15, -0.1) is 0 Å². The zero-order chi connectivity index (χ0) is 17.6. The van der Waals surface area contributed by atoms with Gasteiger partial charge in [0.15, 0.2) is 0 Å². The molecule has 0 aliphatic heterocycles. The minimum Gasteiger partial charge on any atom is -0.338 e. The molecule has 0 bridgehead atoms. The van der Waals surface area contributed by atoms with Gasteiger partial charge in [-0.3, -0.25) is 4.99 Å². The second kappa shape index (κ2) is 13.0. The number of nitrogens with one attached hydrogen (secondary N) is 1. The highest BCUT2D eigenvalue weighted by Crippen LogP contribution is 2.14. The van der Waals surface area contributed by atoms with Gasteiger partial charge in [-0.25, -0.2) is 9.95 Å². The summed E-state index contributed by atoms with van der Waals surface area (Å²) in [5.41, 5.74) is 2.38. The van der Waals surface area contributed by atoms with Crippen molar-refractivity contribution in [1.82, 2.24) is 5.16 Å². The molecule has 0 saturated carbocycles. The Balaban J connectivity index is 2.82. The fourth-order valence-corrected chi connectivity index (χ4v) is 2.93. The number of H-pyrrole nitrogens is 1. The lowest BCUT2D eigenvalue weighted by molar-refractivity contribution is 0.383. The number of aromatic nitrogens is 1. The van der Waals surface area contributed by atoms with Crippen LogP contribution in [0.2, 0.25) is 0 Å². The number of nitrogens with zero attached hydrogens (tertiary/aromatic N) is 1. The fraction of sp³-hybridized carbons (Fsp3) is 0.800. The first-order chi connectivity index (χ1) is 11.7. The summed E-state index contributed by atoms with van der Waals surface area (Å²) in [5, 5.41) is 2.86. The number of aliphatic imine (C=N–C) groups is 1. The van der Waals surface area contributed by atoms with Gasteiger partial charge in [0.2, 0.25) is 0 Å². The molecule has 0 radical (unpaired) electrons. The van der Waals surface area contributed by atoms with Crippen molar-refractivity contribution in [2.75, 3.05) is 6.54 Å². The van der Waals surface area contributed by atoms with Gasteiger partial charge in [0, 0.05) is 6.54 Å². The van der Waals surface area contributed by atoms with Crippen LogP contribution in [-0.4, -0.2) is 17.4 Å². The fourth-order valence-electron chi connectivity index (χ4n) is 2.93. The summed E-state index contributed by atoms with van der Waals surface area (Å²) >= 11 is 0. The highest BCUT2D eigenvalue weighted by Gasteiger charge is 2.17. The second-order valence-electron chi connectivity index (χ2n) is 6.65. The molecular formula is C20H36N2O2. The van der Waals surface area contributed by atoms with Gasteiger partial charge in [-0.2, -0.15) is 0 Å². The van der Waals surface area contributed by atoms with Gasteiger partial charge in [-0.05, 0) is 32.1 Å². The van der Waals surface area contributed by atoms with E-state index < -0.39 is 0 Å². The standard InChI is InChI=1S/C20H36N2O2/c1-4-7-10-12-15-18-19(20(23)24-22-18)17(14-11-8-5-2)21-16-13-9-6-3/h22H,4-16H2,1-3H3. The number of aromatic amines is 1. The Morgan fingerprint density at radius 3 is 2.29 bits per heavy atom. The molecule has 4 nitrogen and oxygen atoms in total. The van der Waals surface area contributed by atoms with E-state index >= 15 is 0 Å². The molecule has 1 N–H and O–H groups in total. The molecule has 0 spiro atoms. The van der Waals surface area contributed by atoms with Crippen molar-refractivity contribution in [3.05, 3.63) is 21.7 Å². The van der Waals surface area contributed by atoms with E-state index in [0.717, 1.165) is 55.6 Å². The van der Waals surface area contributed by atoms with E-state index in [9.17, 15) is 4.79 Å². The number of rotatable bonds is 14. The molecule has 0 aromatic carbocycles. The number of hydrogen-bond donors (Lipinski definition) is 1. The molecule has 0 amide bonds. The number of unbranched alkanes of at least 4 members (excludes halogenated alkanes) is 7. The molecule has 1 aromatic rings. The van der Waals surface area contributed by atoms with E-state index in [-0.39, 0.29) is 5.63 Å². The number of aryl methyl sites for hydroxylation is 1. The smallest absolute Gasteiger partial charge is 0.338 e. The van der Waals surface area contributed by atoms with Crippen LogP contribution in [0.5, 0.6) is 0 Å². The van der Waals surface area contributed by atoms with Crippen molar-refractivity contribution in [3.63, 3.8) is 0 Å². The minimum absolute atomic E-state index is 0.244. The Morgan fingerprint density at radius 2 is 1.58 bits per heavy atom. The third kappa shape index (κ3) is 7.50. The summed E-state index contributed by atoms with van der Waals surface area (Å²) in [4.78, 5) is 17.0. The van der Waals surface area contributed by atoms with E-state index in [0.29, 0.717) is 0 Å². The van der Waals surface area contributed by atoms with Gasteiger partial charge in [-0.1, -0.05) is 65.7 Å². The Labute approximate surface area is 147 Å². The van der Waals surface area contributed by atoms with E-state index in [1.165, 1.54) is 44.9 Å². The first-order valence-electron chi connectivity index (χ1n) is 9.98. The largest absolute Gasteiger partial charge is 0.366 e. The SMILES string of the molecule is CCCCCCc1[nH]oc(=O)c1C(CCCCC)=NCCCCC. The predicted molar refractivity (Wildman–Crippen MR) is 102 cm³/mol. The van der Waals surface area contributed by atoms with Gasteiger partial charge < -0.3 is 4.52 Å². The Bertz CT molecular complexity index is 514. The maximum absolute atomic E-state index is 12.2. The highest BCUT2D eigenvalue weighted by atomic mass is 16.5. The summed E-state index contributed by atoms with van der Waals surface area (Å²) in [6, 6.07) is 0. The van der Waals surface area contributed by atoms with Crippen molar-refractivity contribution in [3.8, 4) is 0 Å². The van der Waals surface area contributed by atoms with Crippen LogP contribution < -0.4 is 5.63 Å². The van der Waals surface area contributed by atoms with Gasteiger partial charge in [0.25, 0.3) is 0 Å². The van der Waals surface area contributed by atoms with Crippen LogP contribution in [0.15, 0.2) is 14.3 Å². The van der Waals surface area contributed by atoms with Crippen LogP contribution in [0.1, 0.15) is 103 Å². The maximum Gasteiger partial charge on any atom is 0.366 e. The monoisotopic (exact) mass is 336 g/mol.